The summed E-state index contributed by atoms with van der Waals surface area (Å²) in [5.74, 6) is -1.71. The molecule has 1 aliphatic carbocycles. The van der Waals surface area contributed by atoms with Crippen LogP contribution in [0.1, 0.15) is 25.3 Å². The van der Waals surface area contributed by atoms with Gasteiger partial charge in [-0.2, -0.15) is 13.2 Å². The van der Waals surface area contributed by atoms with Crippen molar-refractivity contribution in [3.8, 4) is 0 Å². The Labute approximate surface area is 125 Å². The van der Waals surface area contributed by atoms with Crippen molar-refractivity contribution in [1.29, 1.82) is 0 Å². The van der Waals surface area contributed by atoms with E-state index >= 15 is 0 Å². The summed E-state index contributed by atoms with van der Waals surface area (Å²) in [5, 5.41) is 0. The van der Waals surface area contributed by atoms with Crippen molar-refractivity contribution in [2.24, 2.45) is 11.8 Å². The van der Waals surface area contributed by atoms with Crippen LogP contribution in [-0.4, -0.2) is 11.8 Å². The number of hydrogen-bond acceptors (Lipinski definition) is 2. The number of carbonyl (C=O) groups is 2. The highest BCUT2D eigenvalue weighted by atomic mass is 19.4. The number of allylic oxidation sites excluding steroid dienone is 2. The van der Waals surface area contributed by atoms with E-state index in [0.717, 1.165) is 22.6 Å². The Morgan fingerprint density at radius 2 is 1.82 bits per heavy atom. The molecule has 3 nitrogen and oxygen atoms in total. The average Bonchev–Trinajstić information content (AvgIpc) is 2.69. The van der Waals surface area contributed by atoms with Gasteiger partial charge < -0.3 is 0 Å². The minimum absolute atomic E-state index is 0.00289. The lowest BCUT2D eigenvalue weighted by Gasteiger charge is -2.18. The molecule has 1 aliphatic heterocycles. The lowest BCUT2D eigenvalue weighted by Crippen LogP contribution is -2.31. The van der Waals surface area contributed by atoms with Crippen molar-refractivity contribution >= 4 is 17.5 Å². The first-order chi connectivity index (χ1) is 10.3. The van der Waals surface area contributed by atoms with Gasteiger partial charge in [-0.1, -0.05) is 17.7 Å². The van der Waals surface area contributed by atoms with Crippen LogP contribution >= 0.6 is 0 Å². The van der Waals surface area contributed by atoms with E-state index in [1.165, 1.54) is 12.1 Å². The number of carbonyl (C=O) groups excluding carboxylic acids is 2. The molecule has 1 aromatic rings. The fourth-order valence-corrected chi connectivity index (χ4v) is 3.11. The normalized spacial score (nSPS) is 25.3. The van der Waals surface area contributed by atoms with Crippen LogP contribution in [0.2, 0.25) is 0 Å². The summed E-state index contributed by atoms with van der Waals surface area (Å²) >= 11 is 0. The van der Waals surface area contributed by atoms with Crippen LogP contribution in [0.15, 0.2) is 35.9 Å². The summed E-state index contributed by atoms with van der Waals surface area (Å²) < 4.78 is 38.4. The number of alkyl halides is 3. The van der Waals surface area contributed by atoms with E-state index in [1.54, 1.807) is 0 Å². The van der Waals surface area contributed by atoms with E-state index in [2.05, 4.69) is 0 Å². The first kappa shape index (κ1) is 14.8. The summed E-state index contributed by atoms with van der Waals surface area (Å²) in [6.45, 7) is 1.89. The molecule has 116 valence electrons. The molecule has 1 fully saturated rings. The molecule has 0 radical (unpaired) electrons. The van der Waals surface area contributed by atoms with Crippen LogP contribution in [0, 0.1) is 11.8 Å². The van der Waals surface area contributed by atoms with Crippen LogP contribution < -0.4 is 4.90 Å². The number of imide groups is 1. The summed E-state index contributed by atoms with van der Waals surface area (Å²) in [6.07, 6.45) is -1.63. The lowest BCUT2D eigenvalue weighted by atomic mass is 9.82. The molecule has 2 amide bonds. The predicted molar refractivity (Wildman–Crippen MR) is 73.9 cm³/mol. The van der Waals surface area contributed by atoms with Gasteiger partial charge in [0.15, 0.2) is 0 Å². The van der Waals surface area contributed by atoms with Crippen molar-refractivity contribution in [3.05, 3.63) is 41.5 Å². The second-order valence-electron chi connectivity index (χ2n) is 5.76. The molecular formula is C16H14F3NO2. The molecule has 0 bridgehead atoms. The second-order valence-corrected chi connectivity index (χ2v) is 5.76. The Balaban J connectivity index is 1.97. The van der Waals surface area contributed by atoms with E-state index in [4.69, 9.17) is 0 Å². The van der Waals surface area contributed by atoms with Gasteiger partial charge >= 0.3 is 6.18 Å². The number of anilines is 1. The minimum atomic E-state index is -4.51. The number of fused-ring (bicyclic) bond motifs is 1. The molecule has 2 aliphatic rings. The van der Waals surface area contributed by atoms with E-state index in [9.17, 15) is 22.8 Å². The highest BCUT2D eigenvalue weighted by Gasteiger charge is 2.48. The summed E-state index contributed by atoms with van der Waals surface area (Å²) in [4.78, 5) is 25.8. The van der Waals surface area contributed by atoms with E-state index in [1.807, 2.05) is 13.0 Å². The number of halogens is 3. The molecule has 3 rings (SSSR count). The van der Waals surface area contributed by atoms with Gasteiger partial charge in [0.05, 0.1) is 23.1 Å². The van der Waals surface area contributed by atoms with Crippen LogP contribution in [0.3, 0.4) is 0 Å². The zero-order valence-corrected chi connectivity index (χ0v) is 11.9. The molecule has 2 unspecified atom stereocenters. The predicted octanol–water partition coefficient (Wildman–Crippen LogP) is 3.55. The molecule has 1 heterocycles. The van der Waals surface area contributed by atoms with Crippen LogP contribution in [0.4, 0.5) is 18.9 Å². The Morgan fingerprint density at radius 3 is 2.50 bits per heavy atom. The van der Waals surface area contributed by atoms with Gasteiger partial charge in [0.2, 0.25) is 11.8 Å². The van der Waals surface area contributed by atoms with E-state index in [-0.39, 0.29) is 5.69 Å². The standard InChI is InChI=1S/C16H14F3NO2/c1-9-5-6-12-13(7-9)15(22)20(14(12)21)11-4-2-3-10(8-11)16(17,18)19/h2-5,8,12-13H,6-7H2,1H3. The Bertz CT molecular complexity index is 678. The van der Waals surface area contributed by atoms with Gasteiger partial charge in [0, 0.05) is 0 Å². The van der Waals surface area contributed by atoms with Crippen LogP contribution in [0.25, 0.3) is 0 Å². The van der Waals surface area contributed by atoms with E-state index < -0.39 is 35.4 Å². The van der Waals surface area contributed by atoms with E-state index in [0.29, 0.717) is 12.8 Å². The number of nitrogens with zero attached hydrogens (tertiary/aromatic N) is 1. The molecular weight excluding hydrogens is 295 g/mol. The topological polar surface area (TPSA) is 37.4 Å². The first-order valence-corrected chi connectivity index (χ1v) is 7.00. The van der Waals surface area contributed by atoms with Gasteiger partial charge in [-0.25, -0.2) is 0 Å². The van der Waals surface area contributed by atoms with Crippen molar-refractivity contribution in [2.75, 3.05) is 4.90 Å². The zero-order valence-electron chi connectivity index (χ0n) is 11.9. The third kappa shape index (κ3) is 2.32. The molecule has 0 spiro atoms. The minimum Gasteiger partial charge on any atom is -0.274 e. The summed E-state index contributed by atoms with van der Waals surface area (Å²) in [6, 6.07) is 4.35. The molecule has 22 heavy (non-hydrogen) atoms. The van der Waals surface area contributed by atoms with Gasteiger partial charge in [0.25, 0.3) is 0 Å². The zero-order chi connectivity index (χ0) is 16.1. The maximum atomic E-state index is 12.8. The maximum absolute atomic E-state index is 12.8. The smallest absolute Gasteiger partial charge is 0.274 e. The highest BCUT2D eigenvalue weighted by Crippen LogP contribution is 2.40. The Hall–Kier alpha value is -2.11. The number of rotatable bonds is 1. The molecule has 1 aromatic carbocycles. The molecule has 2 atom stereocenters. The van der Waals surface area contributed by atoms with Crippen LogP contribution in [-0.2, 0) is 15.8 Å². The molecule has 0 aromatic heterocycles. The van der Waals surface area contributed by atoms with Gasteiger partial charge in [-0.05, 0) is 38.0 Å². The summed E-state index contributed by atoms with van der Waals surface area (Å²) in [7, 11) is 0. The molecule has 0 saturated carbocycles. The number of benzene rings is 1. The molecule has 0 N–H and O–H groups in total. The van der Waals surface area contributed by atoms with Crippen LogP contribution in [0.5, 0.6) is 0 Å². The summed E-state index contributed by atoms with van der Waals surface area (Å²) in [5.41, 5.74) is 0.167. The monoisotopic (exact) mass is 309 g/mol. The maximum Gasteiger partial charge on any atom is 0.416 e. The quantitative estimate of drug-likeness (QED) is 0.587. The third-order valence-corrected chi connectivity index (χ3v) is 4.25. The van der Waals surface area contributed by atoms with Crippen molar-refractivity contribution in [1.82, 2.24) is 0 Å². The largest absolute Gasteiger partial charge is 0.416 e. The highest BCUT2D eigenvalue weighted by molar-refractivity contribution is 6.22. The fraction of sp³-hybridized carbons (Fsp3) is 0.375. The Kier molecular flexibility index (Phi) is 3.34. The van der Waals surface area contributed by atoms with Crippen molar-refractivity contribution < 1.29 is 22.8 Å². The fourth-order valence-electron chi connectivity index (χ4n) is 3.11. The van der Waals surface area contributed by atoms with Crippen molar-refractivity contribution in [3.63, 3.8) is 0 Å². The van der Waals surface area contributed by atoms with Crippen molar-refractivity contribution in [2.45, 2.75) is 25.9 Å². The molecule has 6 heteroatoms. The SMILES string of the molecule is CC1=CCC2C(=O)N(c3cccc(C(F)(F)F)c3)C(=O)C2C1. The molecule has 1 saturated heterocycles. The van der Waals surface area contributed by atoms with Gasteiger partial charge in [-0.3, -0.25) is 14.5 Å². The number of hydrogen-bond donors (Lipinski definition) is 0. The van der Waals surface area contributed by atoms with Gasteiger partial charge in [-0.15, -0.1) is 0 Å². The first-order valence-electron chi connectivity index (χ1n) is 7.00. The Morgan fingerprint density at radius 1 is 1.14 bits per heavy atom. The second kappa shape index (κ2) is 4.97. The average molecular weight is 309 g/mol. The number of amides is 2. The third-order valence-electron chi connectivity index (χ3n) is 4.25. The lowest BCUT2D eigenvalue weighted by molar-refractivity contribution is -0.137. The van der Waals surface area contributed by atoms with Gasteiger partial charge in [0.1, 0.15) is 0 Å².